The van der Waals surface area contributed by atoms with E-state index in [9.17, 15) is 4.79 Å². The van der Waals surface area contributed by atoms with Crippen LogP contribution in [0.25, 0.3) is 11.0 Å². The zero-order chi connectivity index (χ0) is 21.9. The summed E-state index contributed by atoms with van der Waals surface area (Å²) in [5, 5.41) is 5.24. The molecule has 3 aromatic heterocycles. The van der Waals surface area contributed by atoms with E-state index >= 15 is 0 Å². The Balaban J connectivity index is 1.20. The SMILES string of the molecule is Cn1ncc2c(N3CCN(C(=O)CN(Cc4ccco4)CC4CCCO4)CC3)ncnc21. The van der Waals surface area contributed by atoms with Crippen molar-refractivity contribution >= 4 is 22.8 Å². The van der Waals surface area contributed by atoms with Gasteiger partial charge in [0.05, 0.1) is 37.0 Å². The van der Waals surface area contributed by atoms with Gasteiger partial charge in [-0.05, 0) is 25.0 Å². The molecule has 1 unspecified atom stereocenters. The summed E-state index contributed by atoms with van der Waals surface area (Å²) >= 11 is 0. The smallest absolute Gasteiger partial charge is 0.236 e. The topological polar surface area (TPSA) is 92.8 Å². The summed E-state index contributed by atoms with van der Waals surface area (Å²) in [5.74, 6) is 1.89. The lowest BCUT2D eigenvalue weighted by Gasteiger charge is -2.36. The molecule has 5 heterocycles. The third-order valence-electron chi connectivity index (χ3n) is 6.24. The molecule has 2 saturated heterocycles. The average molecular weight is 440 g/mol. The summed E-state index contributed by atoms with van der Waals surface area (Å²) in [7, 11) is 1.88. The molecule has 10 heteroatoms. The molecule has 1 amide bonds. The van der Waals surface area contributed by atoms with Crippen LogP contribution in [0.5, 0.6) is 0 Å². The molecule has 0 spiro atoms. The number of anilines is 1. The molecule has 0 aromatic carbocycles. The highest BCUT2D eigenvalue weighted by Crippen LogP contribution is 2.23. The second-order valence-electron chi connectivity index (χ2n) is 8.45. The molecule has 3 aromatic rings. The van der Waals surface area contributed by atoms with Gasteiger partial charge in [0.25, 0.3) is 0 Å². The molecule has 170 valence electrons. The number of nitrogens with zero attached hydrogens (tertiary/aromatic N) is 7. The van der Waals surface area contributed by atoms with Crippen LogP contribution in [-0.4, -0.2) is 87.4 Å². The second-order valence-corrected chi connectivity index (χ2v) is 8.45. The largest absolute Gasteiger partial charge is 0.468 e. The molecule has 1 atom stereocenters. The lowest BCUT2D eigenvalue weighted by atomic mass is 10.2. The van der Waals surface area contributed by atoms with E-state index in [0.717, 1.165) is 61.7 Å². The first-order valence-electron chi connectivity index (χ1n) is 11.2. The number of rotatable bonds is 7. The number of amides is 1. The Morgan fingerprint density at radius 2 is 2.12 bits per heavy atom. The van der Waals surface area contributed by atoms with E-state index < -0.39 is 0 Å². The minimum Gasteiger partial charge on any atom is -0.468 e. The first kappa shape index (κ1) is 20.9. The highest BCUT2D eigenvalue weighted by atomic mass is 16.5. The first-order chi connectivity index (χ1) is 15.7. The number of ether oxygens (including phenoxy) is 1. The number of piperazine rings is 1. The Labute approximate surface area is 186 Å². The van der Waals surface area contributed by atoms with Crippen LogP contribution in [0.2, 0.25) is 0 Å². The second kappa shape index (κ2) is 9.25. The van der Waals surface area contributed by atoms with Gasteiger partial charge in [-0.15, -0.1) is 0 Å². The van der Waals surface area contributed by atoms with Crippen molar-refractivity contribution in [2.45, 2.75) is 25.5 Å². The van der Waals surface area contributed by atoms with Crippen LogP contribution < -0.4 is 4.90 Å². The zero-order valence-corrected chi connectivity index (χ0v) is 18.4. The summed E-state index contributed by atoms with van der Waals surface area (Å²) < 4.78 is 13.1. The minimum absolute atomic E-state index is 0.142. The molecule has 0 bridgehead atoms. The Morgan fingerprint density at radius 1 is 1.25 bits per heavy atom. The molecule has 0 saturated carbocycles. The van der Waals surface area contributed by atoms with Crippen molar-refractivity contribution in [3.05, 3.63) is 36.7 Å². The summed E-state index contributed by atoms with van der Waals surface area (Å²) in [6.45, 7) is 5.32. The third kappa shape index (κ3) is 4.46. The van der Waals surface area contributed by atoms with Gasteiger partial charge < -0.3 is 19.0 Å². The Bertz CT molecular complexity index is 1040. The number of carbonyl (C=O) groups excluding carboxylic acids is 1. The maximum atomic E-state index is 13.1. The van der Waals surface area contributed by atoms with E-state index in [1.54, 1.807) is 23.5 Å². The fraction of sp³-hybridized carbons (Fsp3) is 0.545. The van der Waals surface area contributed by atoms with E-state index in [1.807, 2.05) is 24.1 Å². The zero-order valence-electron chi connectivity index (χ0n) is 18.4. The van der Waals surface area contributed by atoms with Crippen molar-refractivity contribution in [2.24, 2.45) is 7.05 Å². The molecule has 0 N–H and O–H groups in total. The van der Waals surface area contributed by atoms with Crippen molar-refractivity contribution in [3.8, 4) is 0 Å². The predicted octanol–water partition coefficient (Wildman–Crippen LogP) is 1.29. The summed E-state index contributed by atoms with van der Waals surface area (Å²) in [6.07, 6.45) is 7.38. The summed E-state index contributed by atoms with van der Waals surface area (Å²) in [5.41, 5.74) is 0.816. The van der Waals surface area contributed by atoms with Crippen LogP contribution in [-0.2, 0) is 23.1 Å². The number of hydrogen-bond acceptors (Lipinski definition) is 8. The van der Waals surface area contributed by atoms with Gasteiger partial charge >= 0.3 is 0 Å². The van der Waals surface area contributed by atoms with Gasteiger partial charge in [-0.25, -0.2) is 9.97 Å². The highest BCUT2D eigenvalue weighted by Gasteiger charge is 2.27. The van der Waals surface area contributed by atoms with Gasteiger partial charge in [0.15, 0.2) is 5.65 Å². The Hall–Kier alpha value is -2.98. The van der Waals surface area contributed by atoms with Crippen LogP contribution in [0.4, 0.5) is 5.82 Å². The Morgan fingerprint density at radius 3 is 2.88 bits per heavy atom. The van der Waals surface area contributed by atoms with Gasteiger partial charge in [-0.2, -0.15) is 5.10 Å². The number of furan rings is 1. The molecule has 0 radical (unpaired) electrons. The molecule has 2 aliphatic rings. The molecule has 2 fully saturated rings. The van der Waals surface area contributed by atoms with Gasteiger partial charge in [0.2, 0.25) is 5.91 Å². The van der Waals surface area contributed by atoms with Crippen molar-refractivity contribution in [2.75, 3.05) is 50.8 Å². The maximum Gasteiger partial charge on any atom is 0.236 e. The summed E-state index contributed by atoms with van der Waals surface area (Å²) in [4.78, 5) is 28.2. The van der Waals surface area contributed by atoms with Crippen LogP contribution >= 0.6 is 0 Å². The molecular weight excluding hydrogens is 410 g/mol. The van der Waals surface area contributed by atoms with E-state index in [1.165, 1.54) is 0 Å². The van der Waals surface area contributed by atoms with E-state index in [4.69, 9.17) is 9.15 Å². The van der Waals surface area contributed by atoms with Gasteiger partial charge in [0.1, 0.15) is 17.9 Å². The molecule has 0 aliphatic carbocycles. The Kier molecular flexibility index (Phi) is 6.04. The molecule has 5 rings (SSSR count). The molecule has 32 heavy (non-hydrogen) atoms. The van der Waals surface area contributed by atoms with Gasteiger partial charge in [0, 0.05) is 46.4 Å². The van der Waals surface area contributed by atoms with Crippen molar-refractivity contribution in [1.82, 2.24) is 29.5 Å². The lowest BCUT2D eigenvalue weighted by molar-refractivity contribution is -0.133. The van der Waals surface area contributed by atoms with E-state index in [-0.39, 0.29) is 12.0 Å². The third-order valence-corrected chi connectivity index (χ3v) is 6.24. The standard InChI is InChI=1S/C22H29N7O3/c1-26-21-19(12-25-26)22(24-16-23-21)29-8-6-28(7-9-29)20(30)15-27(13-17-4-2-10-31-17)14-18-5-3-11-32-18/h2,4,10,12,16,18H,3,5-9,11,13-15H2,1H3. The number of aryl methyl sites for hydroxylation is 1. The van der Waals surface area contributed by atoms with Crippen molar-refractivity contribution in [1.29, 1.82) is 0 Å². The van der Waals surface area contributed by atoms with Crippen LogP contribution in [0.1, 0.15) is 18.6 Å². The normalized spacial score (nSPS) is 19.4. The maximum absolute atomic E-state index is 13.1. The average Bonchev–Trinajstić information content (AvgIpc) is 3.58. The van der Waals surface area contributed by atoms with E-state index in [2.05, 4.69) is 24.9 Å². The number of hydrogen-bond donors (Lipinski definition) is 0. The van der Waals surface area contributed by atoms with Gasteiger partial charge in [-0.3, -0.25) is 14.4 Å². The van der Waals surface area contributed by atoms with Crippen LogP contribution in [0.3, 0.4) is 0 Å². The molecular formula is C22H29N7O3. The first-order valence-corrected chi connectivity index (χ1v) is 11.2. The van der Waals surface area contributed by atoms with E-state index in [0.29, 0.717) is 26.2 Å². The predicted molar refractivity (Wildman–Crippen MR) is 118 cm³/mol. The minimum atomic E-state index is 0.142. The fourth-order valence-electron chi connectivity index (χ4n) is 4.54. The van der Waals surface area contributed by atoms with Crippen molar-refractivity contribution in [3.63, 3.8) is 0 Å². The van der Waals surface area contributed by atoms with Crippen LogP contribution in [0.15, 0.2) is 35.3 Å². The molecule has 2 aliphatic heterocycles. The summed E-state index contributed by atoms with van der Waals surface area (Å²) in [6, 6.07) is 3.83. The van der Waals surface area contributed by atoms with Crippen LogP contribution in [0, 0.1) is 0 Å². The van der Waals surface area contributed by atoms with Crippen molar-refractivity contribution < 1.29 is 13.9 Å². The monoisotopic (exact) mass is 439 g/mol. The molecule has 10 nitrogen and oxygen atoms in total. The number of fused-ring (bicyclic) bond motifs is 1. The quantitative estimate of drug-likeness (QED) is 0.544. The number of carbonyl (C=O) groups is 1. The fourth-order valence-corrected chi connectivity index (χ4v) is 4.54. The highest BCUT2D eigenvalue weighted by molar-refractivity contribution is 5.87. The van der Waals surface area contributed by atoms with Gasteiger partial charge in [-0.1, -0.05) is 0 Å². The lowest BCUT2D eigenvalue weighted by Crippen LogP contribution is -2.52. The number of aromatic nitrogens is 4.